The van der Waals surface area contributed by atoms with Gasteiger partial charge >= 0.3 is 23.9 Å². The van der Waals surface area contributed by atoms with Crippen LogP contribution < -0.4 is 0 Å². The molecule has 0 radical (unpaired) electrons. The van der Waals surface area contributed by atoms with E-state index in [9.17, 15) is 34.5 Å². The molecule has 6 atom stereocenters. The highest BCUT2D eigenvalue weighted by Gasteiger charge is 2.50. The first kappa shape index (κ1) is 67.4. The number of esters is 3. The number of unbranched alkanes of at least 4 members (excludes halogenated alkanes) is 25. The molecule has 0 aromatic carbocycles. The maximum Gasteiger partial charge on any atom is 0.335 e. The second-order valence-electron chi connectivity index (χ2n) is 19.9. The monoisotopic (exact) mass is 1030 g/mol. The molecule has 1 heterocycles. The number of allylic oxidation sites excluding steroid dienone is 10. The Morgan fingerprint density at radius 3 is 1.37 bits per heavy atom. The van der Waals surface area contributed by atoms with Gasteiger partial charge < -0.3 is 39.0 Å². The van der Waals surface area contributed by atoms with Crippen molar-refractivity contribution in [2.24, 2.45) is 0 Å². The molecule has 3 N–H and O–H groups in total. The van der Waals surface area contributed by atoms with Gasteiger partial charge in [0.05, 0.1) is 6.61 Å². The third-order valence-electron chi connectivity index (χ3n) is 13.1. The number of aliphatic hydroxyl groups excluding tert-OH is 2. The Bertz CT molecular complexity index is 1500. The lowest BCUT2D eigenvalue weighted by Gasteiger charge is -2.40. The normalized spacial score (nSPS) is 18.7. The zero-order valence-corrected chi connectivity index (χ0v) is 46.1. The van der Waals surface area contributed by atoms with Crippen molar-refractivity contribution in [1.29, 1.82) is 0 Å². The van der Waals surface area contributed by atoms with E-state index in [1.807, 2.05) is 0 Å². The smallest absolute Gasteiger partial charge is 0.335 e. The number of carbonyl (C=O) groups excluding carboxylic acids is 3. The van der Waals surface area contributed by atoms with Gasteiger partial charge in [-0.05, 0) is 77.0 Å². The van der Waals surface area contributed by atoms with Crippen LogP contribution in [0.5, 0.6) is 0 Å². The van der Waals surface area contributed by atoms with E-state index >= 15 is 0 Å². The fourth-order valence-electron chi connectivity index (χ4n) is 8.58. The van der Waals surface area contributed by atoms with Crippen molar-refractivity contribution in [3.63, 3.8) is 0 Å². The third-order valence-corrected chi connectivity index (χ3v) is 13.1. The minimum atomic E-state index is -1.91. The summed E-state index contributed by atoms with van der Waals surface area (Å²) in [6, 6.07) is 0. The molecular weight excluding hydrogens is 925 g/mol. The molecule has 420 valence electrons. The molecule has 0 aliphatic carbocycles. The summed E-state index contributed by atoms with van der Waals surface area (Å²) in [5.74, 6) is -3.15. The number of aliphatic carboxylic acids is 1. The number of ether oxygens (including phenoxy) is 5. The topological polar surface area (TPSA) is 175 Å². The molecule has 1 rings (SSSR count). The fourth-order valence-corrected chi connectivity index (χ4v) is 8.58. The number of hydrogen-bond acceptors (Lipinski definition) is 11. The van der Waals surface area contributed by atoms with Crippen LogP contribution in [0.25, 0.3) is 0 Å². The van der Waals surface area contributed by atoms with Crippen molar-refractivity contribution in [3.05, 3.63) is 60.8 Å². The summed E-state index contributed by atoms with van der Waals surface area (Å²) < 4.78 is 28.4. The minimum Gasteiger partial charge on any atom is -0.479 e. The first-order valence-electron chi connectivity index (χ1n) is 29.3. The molecule has 12 nitrogen and oxygen atoms in total. The number of carboxylic acid groups (broad SMARTS) is 1. The van der Waals surface area contributed by atoms with Crippen LogP contribution in [0.1, 0.15) is 252 Å². The van der Waals surface area contributed by atoms with Crippen LogP contribution in [0.4, 0.5) is 0 Å². The van der Waals surface area contributed by atoms with Gasteiger partial charge in [-0.3, -0.25) is 14.4 Å². The molecule has 0 aromatic heterocycles. The minimum absolute atomic E-state index is 0.0318. The summed E-state index contributed by atoms with van der Waals surface area (Å²) in [5, 5.41) is 31.4. The van der Waals surface area contributed by atoms with Gasteiger partial charge in [0.1, 0.15) is 18.8 Å². The van der Waals surface area contributed by atoms with Gasteiger partial charge in [0, 0.05) is 19.3 Å². The first-order chi connectivity index (χ1) is 35.6. The largest absolute Gasteiger partial charge is 0.479 e. The molecule has 0 spiro atoms. The average molecular weight is 1030 g/mol. The van der Waals surface area contributed by atoms with E-state index in [-0.39, 0.29) is 25.9 Å². The lowest BCUT2D eigenvalue weighted by Crippen LogP contribution is -2.61. The lowest BCUT2D eigenvalue weighted by atomic mass is 9.98. The van der Waals surface area contributed by atoms with Crippen LogP contribution in [0.15, 0.2) is 60.8 Å². The highest BCUT2D eigenvalue weighted by atomic mass is 16.7. The summed E-state index contributed by atoms with van der Waals surface area (Å²) in [5.41, 5.74) is 0. The van der Waals surface area contributed by atoms with Crippen LogP contribution in [0.2, 0.25) is 0 Å². The number of carboxylic acids is 1. The van der Waals surface area contributed by atoms with E-state index in [0.29, 0.717) is 19.3 Å². The molecule has 1 aliphatic rings. The molecule has 0 amide bonds. The molecule has 0 bridgehead atoms. The van der Waals surface area contributed by atoms with E-state index in [1.165, 1.54) is 83.5 Å². The van der Waals surface area contributed by atoms with Crippen LogP contribution in [0.3, 0.4) is 0 Å². The average Bonchev–Trinajstić information content (AvgIpc) is 3.37. The van der Waals surface area contributed by atoms with Gasteiger partial charge in [-0.1, -0.05) is 216 Å². The van der Waals surface area contributed by atoms with Gasteiger partial charge in [0.15, 0.2) is 24.6 Å². The van der Waals surface area contributed by atoms with Crippen molar-refractivity contribution >= 4 is 23.9 Å². The number of carbonyl (C=O) groups is 4. The van der Waals surface area contributed by atoms with Crippen molar-refractivity contribution in [2.45, 2.75) is 289 Å². The Hall–Kier alpha value is -3.58. The third kappa shape index (κ3) is 39.5. The Morgan fingerprint density at radius 2 is 0.877 bits per heavy atom. The Kier molecular flexibility index (Phi) is 45.5. The highest BCUT2D eigenvalue weighted by molar-refractivity contribution is 5.74. The molecule has 12 heteroatoms. The standard InChI is InChI=1S/C61H104O12/c1-4-7-10-13-16-19-22-24-26-27-29-31-34-37-40-43-46-49-55(64)72-59-57(66)56(65)58(60(67)68)73-61(59)70-51-52(71-54(63)48-45-42-39-36-32-21-18-15-12-9-6-3)50-69-53(62)47-44-41-38-35-33-30-28-25-23-20-17-14-11-8-5-2/h7,10,15-16,18-19,24,26,29,31,52,56-59,61,65-66H,4-6,8-9,11-14,17,20-23,25,27-28,30,32-51H2,1-3H3,(H,67,68)/b10-7-,18-15-,19-16-,26-24-,31-29-. The number of hydrogen-bond donors (Lipinski definition) is 3. The van der Waals surface area contributed by atoms with Gasteiger partial charge in [0.25, 0.3) is 0 Å². The van der Waals surface area contributed by atoms with Gasteiger partial charge in [-0.2, -0.15) is 0 Å². The van der Waals surface area contributed by atoms with Gasteiger partial charge in [-0.25, -0.2) is 4.79 Å². The number of rotatable bonds is 49. The maximum atomic E-state index is 13.1. The first-order valence-corrected chi connectivity index (χ1v) is 29.3. The molecule has 1 fully saturated rings. The summed E-state index contributed by atoms with van der Waals surface area (Å²) >= 11 is 0. The van der Waals surface area contributed by atoms with E-state index in [1.54, 1.807) is 0 Å². The van der Waals surface area contributed by atoms with E-state index in [0.717, 1.165) is 109 Å². The SMILES string of the molecule is CC/C=C\C/C=C\C/C=C\C/C=C\CCCCCCC(=O)OC1C(OCC(COC(=O)CCCCCCCCCCCCCCCCC)OC(=O)CCCCCCC/C=C\CCCC)OC(C(=O)O)C(O)C1O. The molecule has 0 aromatic rings. The van der Waals surface area contributed by atoms with Crippen LogP contribution in [0, 0.1) is 0 Å². The molecule has 6 unspecified atom stereocenters. The van der Waals surface area contributed by atoms with Crippen molar-refractivity contribution in [2.75, 3.05) is 13.2 Å². The molecule has 0 saturated carbocycles. The van der Waals surface area contributed by atoms with Gasteiger partial charge in [-0.15, -0.1) is 0 Å². The van der Waals surface area contributed by atoms with Crippen molar-refractivity contribution < 1.29 is 58.2 Å². The second kappa shape index (κ2) is 49.3. The highest BCUT2D eigenvalue weighted by Crippen LogP contribution is 2.26. The summed E-state index contributed by atoms with van der Waals surface area (Å²) in [4.78, 5) is 51.0. The maximum absolute atomic E-state index is 13.1. The van der Waals surface area contributed by atoms with Crippen LogP contribution in [-0.4, -0.2) is 89.2 Å². The predicted octanol–water partition coefficient (Wildman–Crippen LogP) is 14.8. The van der Waals surface area contributed by atoms with E-state index in [2.05, 4.69) is 81.5 Å². The zero-order chi connectivity index (χ0) is 53.3. The Balaban J connectivity index is 2.69. The quantitative estimate of drug-likeness (QED) is 0.0228. The zero-order valence-electron chi connectivity index (χ0n) is 46.1. The summed E-state index contributed by atoms with van der Waals surface area (Å²) in [7, 11) is 0. The Morgan fingerprint density at radius 1 is 0.466 bits per heavy atom. The predicted molar refractivity (Wildman–Crippen MR) is 294 cm³/mol. The fraction of sp³-hybridized carbons (Fsp3) is 0.770. The summed E-state index contributed by atoms with van der Waals surface area (Å²) in [6.45, 7) is 5.83. The van der Waals surface area contributed by atoms with Crippen molar-refractivity contribution in [3.8, 4) is 0 Å². The lowest BCUT2D eigenvalue weighted by molar-refractivity contribution is -0.301. The molecule has 1 saturated heterocycles. The van der Waals surface area contributed by atoms with E-state index < -0.39 is 67.3 Å². The molecular formula is C61H104O12. The summed E-state index contributed by atoms with van der Waals surface area (Å²) in [6.07, 6.45) is 47.6. The second-order valence-corrected chi connectivity index (χ2v) is 19.9. The van der Waals surface area contributed by atoms with Crippen LogP contribution >= 0.6 is 0 Å². The van der Waals surface area contributed by atoms with Crippen molar-refractivity contribution in [1.82, 2.24) is 0 Å². The van der Waals surface area contributed by atoms with Crippen LogP contribution in [-0.2, 0) is 42.9 Å². The number of aliphatic hydroxyl groups is 2. The molecule has 73 heavy (non-hydrogen) atoms. The molecule has 1 aliphatic heterocycles. The Labute approximate surface area is 443 Å². The van der Waals surface area contributed by atoms with E-state index in [4.69, 9.17) is 23.7 Å². The van der Waals surface area contributed by atoms with Gasteiger partial charge in [0.2, 0.25) is 0 Å².